The number of ketones is 1. The third-order valence-corrected chi connectivity index (χ3v) is 1.46. The zero-order valence-electron chi connectivity index (χ0n) is 9.48. The molecule has 0 aliphatic heterocycles. The van der Waals surface area contributed by atoms with E-state index in [1.54, 1.807) is 0 Å². The molecule has 0 aromatic rings. The first-order valence-electron chi connectivity index (χ1n) is 4.68. The molecule has 10 heteroatoms. The molecule has 19 heavy (non-hydrogen) atoms. The van der Waals surface area contributed by atoms with E-state index in [2.05, 4.69) is 0 Å². The minimum atomic E-state index is -1.79. The molecule has 0 fully saturated rings. The van der Waals surface area contributed by atoms with Crippen LogP contribution in [-0.2, 0) is 24.0 Å². The second kappa shape index (κ2) is 9.53. The predicted octanol–water partition coefficient (Wildman–Crippen LogP) is -1.59. The molecular formula is C9H12O10. The molecule has 5 N–H and O–H groups in total. The maximum absolute atomic E-state index is 10.2. The highest BCUT2D eigenvalue weighted by Crippen LogP contribution is 1.90. The minimum absolute atomic E-state index is 0.425. The van der Waals surface area contributed by atoms with Gasteiger partial charge in [-0.25, -0.2) is 9.59 Å². The van der Waals surface area contributed by atoms with E-state index in [0.29, 0.717) is 0 Å². The Labute approximate surface area is 105 Å². The molecule has 1 unspecified atom stereocenters. The summed E-state index contributed by atoms with van der Waals surface area (Å²) in [7, 11) is 0. The lowest BCUT2D eigenvalue weighted by molar-refractivity contribution is -0.152. The zero-order valence-corrected chi connectivity index (χ0v) is 9.48. The number of Topliss-reactive ketones (excluding diaryl/α,β-unsaturated/α-hetero) is 1. The van der Waals surface area contributed by atoms with E-state index in [-0.39, 0.29) is 0 Å². The van der Waals surface area contributed by atoms with Gasteiger partial charge in [-0.15, -0.1) is 0 Å². The lowest BCUT2D eigenvalue weighted by atomic mass is 10.2. The number of carboxylic acids is 4. The van der Waals surface area contributed by atoms with Gasteiger partial charge in [0.25, 0.3) is 0 Å². The number of hydrogen-bond acceptors (Lipinski definition) is 6. The number of carbonyl (C=O) groups excluding carboxylic acids is 1. The maximum Gasteiger partial charge on any atom is 0.372 e. The van der Waals surface area contributed by atoms with Gasteiger partial charge in [0.2, 0.25) is 5.78 Å². The van der Waals surface area contributed by atoms with E-state index in [0.717, 1.165) is 0 Å². The van der Waals surface area contributed by atoms with Crippen LogP contribution in [0.2, 0.25) is 0 Å². The Morgan fingerprint density at radius 3 is 1.47 bits per heavy atom. The van der Waals surface area contributed by atoms with E-state index in [1.807, 2.05) is 0 Å². The summed E-state index contributed by atoms with van der Waals surface area (Å²) in [6.07, 6.45) is -3.41. The summed E-state index contributed by atoms with van der Waals surface area (Å²) in [6, 6.07) is 0. The van der Waals surface area contributed by atoms with Gasteiger partial charge in [-0.05, 0) is 0 Å². The lowest BCUT2D eigenvalue weighted by Gasteiger charge is -1.97. The Morgan fingerprint density at radius 1 is 0.789 bits per heavy atom. The van der Waals surface area contributed by atoms with Crippen molar-refractivity contribution in [3.8, 4) is 0 Å². The van der Waals surface area contributed by atoms with Crippen molar-refractivity contribution in [2.75, 3.05) is 0 Å². The van der Waals surface area contributed by atoms with Crippen LogP contribution in [0.3, 0.4) is 0 Å². The standard InChI is InChI=1S/C5H6O5.C4H6O5/c6-3(5(9)10)1-2-4(7)8;5-2(4(8)9)1-3(6)7/h1-2H2,(H,7,8)(H,9,10);2,5H,1H2,(H,6,7)(H,8,9). The van der Waals surface area contributed by atoms with Crippen molar-refractivity contribution in [2.24, 2.45) is 0 Å². The first-order valence-corrected chi connectivity index (χ1v) is 4.68. The highest BCUT2D eigenvalue weighted by molar-refractivity contribution is 6.32. The first kappa shape index (κ1) is 18.9. The molecule has 0 aromatic heterocycles. The molecule has 0 aliphatic rings. The van der Waals surface area contributed by atoms with Gasteiger partial charge in [0.05, 0.1) is 12.8 Å². The van der Waals surface area contributed by atoms with Crippen LogP contribution in [0.5, 0.6) is 0 Å². The van der Waals surface area contributed by atoms with E-state index >= 15 is 0 Å². The van der Waals surface area contributed by atoms with E-state index < -0.39 is 55.0 Å². The monoisotopic (exact) mass is 280 g/mol. The number of aliphatic hydroxyl groups excluding tert-OH is 1. The molecule has 0 rings (SSSR count). The molecule has 0 aromatic carbocycles. The minimum Gasteiger partial charge on any atom is -0.481 e. The molecule has 0 aliphatic carbocycles. The fourth-order valence-electron chi connectivity index (χ4n) is 0.580. The second-order valence-corrected chi connectivity index (χ2v) is 3.07. The Balaban J connectivity index is 0. The quantitative estimate of drug-likeness (QED) is 0.340. The molecule has 0 radical (unpaired) electrons. The highest BCUT2D eigenvalue weighted by Gasteiger charge is 2.16. The zero-order chi connectivity index (χ0) is 15.6. The summed E-state index contributed by atoms with van der Waals surface area (Å²) in [5.41, 5.74) is 0. The third-order valence-electron chi connectivity index (χ3n) is 1.46. The number of rotatable bonds is 7. The smallest absolute Gasteiger partial charge is 0.372 e. The Kier molecular flexibility index (Phi) is 9.46. The van der Waals surface area contributed by atoms with E-state index in [4.69, 9.17) is 25.5 Å². The number of carbonyl (C=O) groups is 5. The van der Waals surface area contributed by atoms with Gasteiger partial charge in [0.1, 0.15) is 0 Å². The molecule has 10 nitrogen and oxygen atoms in total. The van der Waals surface area contributed by atoms with E-state index in [1.165, 1.54) is 0 Å². The van der Waals surface area contributed by atoms with Crippen LogP contribution >= 0.6 is 0 Å². The maximum atomic E-state index is 10.2. The molecule has 1 atom stereocenters. The molecular weight excluding hydrogens is 268 g/mol. The molecule has 0 saturated heterocycles. The van der Waals surface area contributed by atoms with Crippen molar-refractivity contribution in [1.29, 1.82) is 0 Å². The Hall–Kier alpha value is -2.49. The van der Waals surface area contributed by atoms with E-state index in [9.17, 15) is 24.0 Å². The van der Waals surface area contributed by atoms with Crippen LogP contribution in [0.4, 0.5) is 0 Å². The van der Waals surface area contributed by atoms with Crippen molar-refractivity contribution >= 4 is 29.7 Å². The molecule has 0 amide bonds. The van der Waals surface area contributed by atoms with Gasteiger partial charge < -0.3 is 25.5 Å². The van der Waals surface area contributed by atoms with Gasteiger partial charge in [-0.3, -0.25) is 14.4 Å². The summed E-state index contributed by atoms with van der Waals surface area (Å²) in [4.78, 5) is 49.1. The average Bonchev–Trinajstić information content (AvgIpc) is 2.25. The molecule has 0 heterocycles. The van der Waals surface area contributed by atoms with Crippen LogP contribution in [-0.4, -0.2) is 61.3 Å². The summed E-state index contributed by atoms with van der Waals surface area (Å²) >= 11 is 0. The molecule has 0 spiro atoms. The number of carboxylic acid groups (broad SMARTS) is 4. The number of aliphatic hydroxyl groups is 1. The SMILES string of the molecule is O=C(O)CC(O)C(=O)O.O=C(O)CCC(=O)C(=O)O. The van der Waals surface area contributed by atoms with Crippen molar-refractivity contribution in [3.63, 3.8) is 0 Å². The van der Waals surface area contributed by atoms with Gasteiger partial charge >= 0.3 is 23.9 Å². The van der Waals surface area contributed by atoms with Crippen molar-refractivity contribution < 1.29 is 49.5 Å². The van der Waals surface area contributed by atoms with Crippen LogP contribution < -0.4 is 0 Å². The first-order chi connectivity index (χ1) is 8.57. The predicted molar refractivity (Wildman–Crippen MR) is 55.4 cm³/mol. The fraction of sp³-hybridized carbons (Fsp3) is 0.444. The van der Waals surface area contributed by atoms with Gasteiger partial charge in [0, 0.05) is 6.42 Å². The van der Waals surface area contributed by atoms with Gasteiger partial charge in [-0.2, -0.15) is 0 Å². The fourth-order valence-corrected chi connectivity index (χ4v) is 0.580. The largest absolute Gasteiger partial charge is 0.481 e. The number of aliphatic carboxylic acids is 4. The summed E-state index contributed by atoms with van der Waals surface area (Å²) < 4.78 is 0. The number of hydrogen-bond donors (Lipinski definition) is 5. The Morgan fingerprint density at radius 2 is 1.26 bits per heavy atom. The molecule has 0 saturated carbocycles. The summed E-state index contributed by atoms with van der Waals surface area (Å²) in [5, 5.41) is 40.1. The molecule has 108 valence electrons. The van der Waals surface area contributed by atoms with Crippen LogP contribution in [0.1, 0.15) is 19.3 Å². The topological polar surface area (TPSA) is 186 Å². The van der Waals surface area contributed by atoms with Crippen LogP contribution in [0.15, 0.2) is 0 Å². The lowest BCUT2D eigenvalue weighted by Crippen LogP contribution is -2.22. The van der Waals surface area contributed by atoms with Crippen LogP contribution in [0, 0.1) is 0 Å². The Bertz CT molecular complexity index is 371. The van der Waals surface area contributed by atoms with Crippen molar-refractivity contribution in [3.05, 3.63) is 0 Å². The molecule has 0 bridgehead atoms. The third kappa shape index (κ3) is 13.4. The van der Waals surface area contributed by atoms with Crippen molar-refractivity contribution in [2.45, 2.75) is 25.4 Å². The van der Waals surface area contributed by atoms with Crippen LogP contribution in [0.25, 0.3) is 0 Å². The summed E-state index contributed by atoms with van der Waals surface area (Å²) in [5.74, 6) is -6.67. The summed E-state index contributed by atoms with van der Waals surface area (Å²) in [6.45, 7) is 0. The second-order valence-electron chi connectivity index (χ2n) is 3.07. The van der Waals surface area contributed by atoms with Gasteiger partial charge in [-0.1, -0.05) is 0 Å². The van der Waals surface area contributed by atoms with Crippen molar-refractivity contribution in [1.82, 2.24) is 0 Å². The highest BCUT2D eigenvalue weighted by atomic mass is 16.4. The normalized spacial score (nSPS) is 10.6. The van der Waals surface area contributed by atoms with Gasteiger partial charge in [0.15, 0.2) is 6.10 Å². The average molecular weight is 280 g/mol.